The van der Waals surface area contributed by atoms with Crippen LogP contribution in [0, 0.1) is 0 Å². The predicted octanol–water partition coefficient (Wildman–Crippen LogP) is 5.44. The maximum atomic E-state index is 12.7. The van der Waals surface area contributed by atoms with Crippen LogP contribution in [0.15, 0.2) is 12.2 Å². The summed E-state index contributed by atoms with van der Waals surface area (Å²) in [7, 11) is 0. The Balaban J connectivity index is 2.47. The van der Waals surface area contributed by atoms with Gasteiger partial charge in [-0.1, -0.05) is 135 Å². The number of carbonyl (C=O) groups is 1. The van der Waals surface area contributed by atoms with Crippen LogP contribution in [-0.2, 0) is 14.3 Å². The molecule has 260 valence electrons. The first-order chi connectivity index (χ1) is 21.3. The highest BCUT2D eigenvalue weighted by molar-refractivity contribution is 5.76. The monoisotopic (exact) mass is 629 g/mol. The van der Waals surface area contributed by atoms with Crippen molar-refractivity contribution in [2.24, 2.45) is 0 Å². The van der Waals surface area contributed by atoms with E-state index >= 15 is 0 Å². The number of aliphatic hydroxyl groups excluding tert-OH is 5. The Kier molecular flexibility index (Phi) is 25.2. The molecule has 1 amide bonds. The van der Waals surface area contributed by atoms with Crippen molar-refractivity contribution in [3.05, 3.63) is 12.2 Å². The normalized spacial score (nSPS) is 23.7. The first-order valence-electron chi connectivity index (χ1n) is 17.9. The minimum atomic E-state index is -1.56. The Bertz CT molecular complexity index is 706. The average molecular weight is 630 g/mol. The van der Waals surface area contributed by atoms with E-state index in [1.165, 1.54) is 89.9 Å². The topological polar surface area (TPSA) is 149 Å². The van der Waals surface area contributed by atoms with Gasteiger partial charge in [-0.3, -0.25) is 4.79 Å². The molecule has 0 aliphatic carbocycles. The van der Waals surface area contributed by atoms with Crippen LogP contribution < -0.4 is 5.32 Å². The molecule has 0 saturated carbocycles. The third-order valence-electron chi connectivity index (χ3n) is 8.61. The number of hydrogen-bond acceptors (Lipinski definition) is 8. The highest BCUT2D eigenvalue weighted by Crippen LogP contribution is 2.22. The van der Waals surface area contributed by atoms with Gasteiger partial charge in [0, 0.05) is 6.42 Å². The molecule has 9 heteroatoms. The maximum Gasteiger partial charge on any atom is 0.220 e. The highest BCUT2D eigenvalue weighted by Gasteiger charge is 2.44. The van der Waals surface area contributed by atoms with Gasteiger partial charge in [0.15, 0.2) is 6.29 Å². The summed E-state index contributed by atoms with van der Waals surface area (Å²) in [6.45, 7) is 3.69. The Morgan fingerprint density at radius 2 is 1.25 bits per heavy atom. The molecule has 1 saturated heterocycles. The van der Waals surface area contributed by atoms with E-state index in [-0.39, 0.29) is 12.5 Å². The number of aliphatic hydroxyl groups is 5. The van der Waals surface area contributed by atoms with E-state index in [0.717, 1.165) is 38.5 Å². The second-order valence-corrected chi connectivity index (χ2v) is 12.7. The van der Waals surface area contributed by atoms with E-state index in [9.17, 15) is 30.3 Å². The lowest BCUT2D eigenvalue weighted by molar-refractivity contribution is -0.302. The molecule has 0 aromatic rings. The van der Waals surface area contributed by atoms with Crippen molar-refractivity contribution in [2.45, 2.75) is 192 Å². The number of ether oxygens (including phenoxy) is 2. The molecule has 0 aromatic carbocycles. The second kappa shape index (κ2) is 27.1. The summed E-state index contributed by atoms with van der Waals surface area (Å²) in [5, 5.41) is 53.6. The molecule has 7 atom stereocenters. The minimum Gasteiger partial charge on any atom is -0.394 e. The summed E-state index contributed by atoms with van der Waals surface area (Å²) in [5.41, 5.74) is 0. The van der Waals surface area contributed by atoms with Crippen LogP contribution in [0.1, 0.15) is 149 Å². The van der Waals surface area contributed by atoms with Crippen molar-refractivity contribution >= 4 is 5.91 Å². The van der Waals surface area contributed by atoms with E-state index in [2.05, 4.69) is 19.2 Å². The molecule has 1 aliphatic heterocycles. The fraction of sp³-hybridized carbons (Fsp3) is 0.914. The second-order valence-electron chi connectivity index (χ2n) is 12.7. The van der Waals surface area contributed by atoms with Crippen LogP contribution in [0.25, 0.3) is 0 Å². The number of carbonyl (C=O) groups excluding carboxylic acids is 1. The summed E-state index contributed by atoms with van der Waals surface area (Å²) >= 11 is 0. The van der Waals surface area contributed by atoms with Crippen molar-refractivity contribution in [3.8, 4) is 0 Å². The van der Waals surface area contributed by atoms with Gasteiger partial charge in [0.25, 0.3) is 0 Å². The van der Waals surface area contributed by atoms with Crippen molar-refractivity contribution in [2.75, 3.05) is 13.2 Å². The Morgan fingerprint density at radius 1 is 0.750 bits per heavy atom. The van der Waals surface area contributed by atoms with Gasteiger partial charge < -0.3 is 40.3 Å². The third kappa shape index (κ3) is 18.8. The smallest absolute Gasteiger partial charge is 0.220 e. The SMILES string of the molecule is CCCCCCCCCCCCCC/C=C/C(O)C(COC1OC(CO)C(O)C(O)C1O)NC(=O)CCCCCCCCC. The molecule has 7 unspecified atom stereocenters. The standard InChI is InChI=1S/C35H67NO8/c1-3-5-7-9-11-12-13-14-15-16-17-19-20-22-24-29(38)28(36-31(39)25-23-21-18-10-8-6-4-2)27-43-35-34(42)33(41)32(40)30(26-37)44-35/h22,24,28-30,32-35,37-38,40-42H,3-21,23,25-27H2,1-2H3,(H,36,39)/b24-22+. The molecule has 0 radical (unpaired) electrons. The Morgan fingerprint density at radius 3 is 1.77 bits per heavy atom. The zero-order valence-corrected chi connectivity index (χ0v) is 27.9. The lowest BCUT2D eigenvalue weighted by atomic mass is 9.99. The number of rotatable bonds is 28. The van der Waals surface area contributed by atoms with E-state index in [1.54, 1.807) is 6.08 Å². The highest BCUT2D eigenvalue weighted by atomic mass is 16.7. The number of allylic oxidation sites excluding steroid dienone is 1. The van der Waals surface area contributed by atoms with Crippen LogP contribution in [0.2, 0.25) is 0 Å². The third-order valence-corrected chi connectivity index (χ3v) is 8.61. The fourth-order valence-corrected chi connectivity index (χ4v) is 5.62. The molecule has 1 fully saturated rings. The molecule has 44 heavy (non-hydrogen) atoms. The van der Waals surface area contributed by atoms with Crippen molar-refractivity contribution < 1.29 is 39.8 Å². The van der Waals surface area contributed by atoms with Crippen molar-refractivity contribution in [3.63, 3.8) is 0 Å². The van der Waals surface area contributed by atoms with Crippen molar-refractivity contribution in [1.29, 1.82) is 0 Å². The van der Waals surface area contributed by atoms with Gasteiger partial charge in [-0.2, -0.15) is 0 Å². The largest absolute Gasteiger partial charge is 0.394 e. The lowest BCUT2D eigenvalue weighted by Gasteiger charge is -2.40. The number of unbranched alkanes of at least 4 members (excludes halogenated alkanes) is 18. The molecule has 0 aromatic heterocycles. The van der Waals surface area contributed by atoms with E-state index in [1.807, 2.05) is 6.08 Å². The van der Waals surface area contributed by atoms with Crippen molar-refractivity contribution in [1.82, 2.24) is 5.32 Å². The summed E-state index contributed by atoms with van der Waals surface area (Å²) in [6.07, 6.45) is 19.8. The summed E-state index contributed by atoms with van der Waals surface area (Å²) < 4.78 is 11.1. The maximum absolute atomic E-state index is 12.7. The molecule has 1 heterocycles. The molecular formula is C35H67NO8. The molecule has 0 spiro atoms. The van der Waals surface area contributed by atoms with Gasteiger partial charge in [-0.05, 0) is 19.3 Å². The van der Waals surface area contributed by atoms with E-state index in [4.69, 9.17) is 9.47 Å². The van der Waals surface area contributed by atoms with Crippen LogP contribution >= 0.6 is 0 Å². The molecule has 0 bridgehead atoms. The number of nitrogens with one attached hydrogen (secondary N) is 1. The predicted molar refractivity (Wildman–Crippen MR) is 175 cm³/mol. The van der Waals surface area contributed by atoms with Gasteiger partial charge in [-0.25, -0.2) is 0 Å². The Hall–Kier alpha value is -1.07. The lowest BCUT2D eigenvalue weighted by Crippen LogP contribution is -2.60. The van der Waals surface area contributed by atoms with Gasteiger partial charge in [-0.15, -0.1) is 0 Å². The number of hydrogen-bond donors (Lipinski definition) is 6. The molecule has 9 nitrogen and oxygen atoms in total. The zero-order chi connectivity index (χ0) is 32.4. The number of amides is 1. The minimum absolute atomic E-state index is 0.185. The molecule has 1 aliphatic rings. The Labute approximate surface area is 267 Å². The fourth-order valence-electron chi connectivity index (χ4n) is 5.62. The van der Waals surface area contributed by atoms with Gasteiger partial charge >= 0.3 is 0 Å². The van der Waals surface area contributed by atoms with Gasteiger partial charge in [0.1, 0.15) is 24.4 Å². The van der Waals surface area contributed by atoms with Crippen LogP contribution in [0.4, 0.5) is 0 Å². The van der Waals surface area contributed by atoms with E-state index < -0.39 is 49.5 Å². The molecule has 1 rings (SSSR count). The van der Waals surface area contributed by atoms with Crippen LogP contribution in [0.5, 0.6) is 0 Å². The molecule has 6 N–H and O–H groups in total. The van der Waals surface area contributed by atoms with Gasteiger partial charge in [0.05, 0.1) is 25.4 Å². The zero-order valence-electron chi connectivity index (χ0n) is 27.9. The quantitative estimate of drug-likeness (QED) is 0.0495. The first-order valence-corrected chi connectivity index (χ1v) is 17.9. The summed E-state index contributed by atoms with van der Waals surface area (Å²) in [6, 6.07) is -0.794. The summed E-state index contributed by atoms with van der Waals surface area (Å²) in [4.78, 5) is 12.7. The summed E-state index contributed by atoms with van der Waals surface area (Å²) in [5.74, 6) is -0.186. The molecular weight excluding hydrogens is 562 g/mol. The first kappa shape index (κ1) is 41.0. The van der Waals surface area contributed by atoms with Gasteiger partial charge in [0.2, 0.25) is 5.91 Å². The average Bonchev–Trinajstić information content (AvgIpc) is 3.02. The van der Waals surface area contributed by atoms with Crippen LogP contribution in [0.3, 0.4) is 0 Å². The van der Waals surface area contributed by atoms with Crippen LogP contribution in [-0.4, -0.2) is 87.5 Å². The van der Waals surface area contributed by atoms with E-state index in [0.29, 0.717) is 6.42 Å².